The molecular weight excluding hydrogens is 260 g/mol. The monoisotopic (exact) mass is 286 g/mol. The summed E-state index contributed by atoms with van der Waals surface area (Å²) in [5, 5.41) is 6.83. The first kappa shape index (κ1) is 14.6. The van der Waals surface area contributed by atoms with Crippen LogP contribution in [-0.4, -0.2) is 24.0 Å². The number of amides is 1. The summed E-state index contributed by atoms with van der Waals surface area (Å²) in [7, 11) is 0. The van der Waals surface area contributed by atoms with Crippen LogP contribution in [0.4, 0.5) is 0 Å². The van der Waals surface area contributed by atoms with Gasteiger partial charge in [-0.1, -0.05) is 24.3 Å². The quantitative estimate of drug-likeness (QED) is 0.877. The lowest BCUT2D eigenvalue weighted by atomic mass is 9.83. The lowest BCUT2D eigenvalue weighted by molar-refractivity contribution is -0.126. The number of carbonyl (C=O) groups excluding carboxylic acids is 1. The van der Waals surface area contributed by atoms with Gasteiger partial charge in [-0.3, -0.25) is 4.79 Å². The van der Waals surface area contributed by atoms with Crippen LogP contribution in [0, 0.1) is 5.92 Å². The summed E-state index contributed by atoms with van der Waals surface area (Å²) in [6, 6.07) is 9.75. The van der Waals surface area contributed by atoms with Gasteiger partial charge in [0.1, 0.15) is 0 Å². The van der Waals surface area contributed by atoms with Crippen LogP contribution in [0.25, 0.3) is 0 Å². The fourth-order valence-electron chi connectivity index (χ4n) is 3.75. The highest BCUT2D eigenvalue weighted by molar-refractivity contribution is 5.79. The second kappa shape index (κ2) is 6.18. The Morgan fingerprint density at radius 3 is 2.67 bits per heavy atom. The largest absolute Gasteiger partial charge is 0.352 e. The highest BCUT2D eigenvalue weighted by Crippen LogP contribution is 2.26. The molecule has 1 amide bonds. The van der Waals surface area contributed by atoms with Crippen LogP contribution in [0.5, 0.6) is 0 Å². The smallest absolute Gasteiger partial charge is 0.223 e. The van der Waals surface area contributed by atoms with E-state index in [9.17, 15) is 4.79 Å². The van der Waals surface area contributed by atoms with Gasteiger partial charge < -0.3 is 10.6 Å². The van der Waals surface area contributed by atoms with Gasteiger partial charge in [-0.2, -0.15) is 0 Å². The van der Waals surface area contributed by atoms with Crippen molar-refractivity contribution in [1.82, 2.24) is 10.6 Å². The van der Waals surface area contributed by atoms with Crippen LogP contribution < -0.4 is 10.6 Å². The SMILES string of the molecule is CC1CCC(NC(=O)C2CCc3ccccc3C2)C(C)N1. The van der Waals surface area contributed by atoms with Gasteiger partial charge in [0, 0.05) is 24.0 Å². The van der Waals surface area contributed by atoms with Crippen LogP contribution in [0.3, 0.4) is 0 Å². The summed E-state index contributed by atoms with van der Waals surface area (Å²) in [4.78, 5) is 12.6. The highest BCUT2D eigenvalue weighted by Gasteiger charge is 2.30. The molecule has 1 aliphatic heterocycles. The van der Waals surface area contributed by atoms with Crippen molar-refractivity contribution >= 4 is 5.91 Å². The van der Waals surface area contributed by atoms with Crippen LogP contribution in [0.1, 0.15) is 44.2 Å². The predicted molar refractivity (Wildman–Crippen MR) is 85.2 cm³/mol. The van der Waals surface area contributed by atoms with Gasteiger partial charge in [-0.15, -0.1) is 0 Å². The maximum absolute atomic E-state index is 12.6. The van der Waals surface area contributed by atoms with Crippen molar-refractivity contribution in [3.05, 3.63) is 35.4 Å². The van der Waals surface area contributed by atoms with E-state index in [1.807, 2.05) is 0 Å². The number of piperidine rings is 1. The first-order valence-electron chi connectivity index (χ1n) is 8.26. The summed E-state index contributed by atoms with van der Waals surface area (Å²) in [5.41, 5.74) is 2.77. The Bertz CT molecular complexity index is 514. The molecule has 1 fully saturated rings. The van der Waals surface area contributed by atoms with E-state index in [1.54, 1.807) is 0 Å². The molecule has 1 aliphatic carbocycles. The Hall–Kier alpha value is -1.35. The van der Waals surface area contributed by atoms with Crippen molar-refractivity contribution in [1.29, 1.82) is 0 Å². The van der Waals surface area contributed by atoms with Gasteiger partial charge in [0.05, 0.1) is 0 Å². The Kier molecular flexibility index (Phi) is 4.29. The Morgan fingerprint density at radius 2 is 1.90 bits per heavy atom. The number of carbonyl (C=O) groups is 1. The molecule has 0 saturated carbocycles. The zero-order valence-electron chi connectivity index (χ0n) is 13.1. The minimum absolute atomic E-state index is 0.145. The third kappa shape index (κ3) is 3.29. The van der Waals surface area contributed by atoms with E-state index in [0.29, 0.717) is 12.1 Å². The van der Waals surface area contributed by atoms with Gasteiger partial charge in [0.15, 0.2) is 0 Å². The van der Waals surface area contributed by atoms with E-state index in [0.717, 1.165) is 32.1 Å². The van der Waals surface area contributed by atoms with Gasteiger partial charge in [0.2, 0.25) is 5.91 Å². The number of benzene rings is 1. The molecule has 0 radical (unpaired) electrons. The number of hydrogen-bond acceptors (Lipinski definition) is 2. The van der Waals surface area contributed by atoms with Crippen molar-refractivity contribution in [2.24, 2.45) is 5.92 Å². The molecule has 2 N–H and O–H groups in total. The second-order valence-electron chi connectivity index (χ2n) is 6.76. The number of nitrogens with one attached hydrogen (secondary N) is 2. The molecule has 4 unspecified atom stereocenters. The molecule has 1 aromatic carbocycles. The van der Waals surface area contributed by atoms with Crippen molar-refractivity contribution in [3.8, 4) is 0 Å². The summed E-state index contributed by atoms with van der Waals surface area (Å²) in [5.74, 6) is 0.393. The van der Waals surface area contributed by atoms with Crippen LogP contribution in [0.2, 0.25) is 0 Å². The van der Waals surface area contributed by atoms with Crippen LogP contribution in [0.15, 0.2) is 24.3 Å². The summed E-state index contributed by atoms with van der Waals surface area (Å²) in [6.45, 7) is 4.39. The van der Waals surface area contributed by atoms with Gasteiger partial charge in [-0.05, 0) is 57.1 Å². The topological polar surface area (TPSA) is 41.1 Å². The van der Waals surface area contributed by atoms with Gasteiger partial charge in [-0.25, -0.2) is 0 Å². The molecule has 114 valence electrons. The average Bonchev–Trinajstić information content (AvgIpc) is 2.49. The summed E-state index contributed by atoms with van der Waals surface area (Å²) < 4.78 is 0. The number of aryl methyl sites for hydroxylation is 1. The molecule has 21 heavy (non-hydrogen) atoms. The van der Waals surface area contributed by atoms with E-state index < -0.39 is 0 Å². The Balaban J connectivity index is 1.59. The van der Waals surface area contributed by atoms with Gasteiger partial charge in [0.25, 0.3) is 0 Å². The molecule has 0 aromatic heterocycles. The maximum atomic E-state index is 12.6. The lowest BCUT2D eigenvalue weighted by Gasteiger charge is -2.35. The molecule has 0 spiro atoms. The lowest BCUT2D eigenvalue weighted by Crippen LogP contribution is -2.55. The van der Waals surface area contributed by atoms with E-state index >= 15 is 0 Å². The van der Waals surface area contributed by atoms with Crippen molar-refractivity contribution in [2.45, 2.75) is 64.1 Å². The molecule has 3 rings (SSSR count). The van der Waals surface area contributed by atoms with Crippen molar-refractivity contribution in [2.75, 3.05) is 0 Å². The van der Waals surface area contributed by atoms with Crippen LogP contribution >= 0.6 is 0 Å². The fourth-order valence-corrected chi connectivity index (χ4v) is 3.75. The Morgan fingerprint density at radius 1 is 1.14 bits per heavy atom. The maximum Gasteiger partial charge on any atom is 0.223 e. The molecule has 1 saturated heterocycles. The number of rotatable bonds is 2. The predicted octanol–water partition coefficient (Wildman–Crippen LogP) is 2.44. The van der Waals surface area contributed by atoms with Crippen molar-refractivity contribution < 1.29 is 4.79 Å². The van der Waals surface area contributed by atoms with Gasteiger partial charge >= 0.3 is 0 Å². The molecule has 3 nitrogen and oxygen atoms in total. The normalized spacial score (nSPS) is 32.3. The summed E-state index contributed by atoms with van der Waals surface area (Å²) in [6.07, 6.45) is 5.14. The fraction of sp³-hybridized carbons (Fsp3) is 0.611. The zero-order valence-corrected chi connectivity index (χ0v) is 13.1. The molecule has 2 aliphatic rings. The average molecular weight is 286 g/mol. The molecular formula is C18H26N2O. The minimum Gasteiger partial charge on any atom is -0.352 e. The standard InChI is InChI=1S/C18H26N2O/c1-12-7-10-17(13(2)19-12)20-18(21)16-9-8-14-5-3-4-6-15(14)11-16/h3-6,12-13,16-17,19H,7-11H2,1-2H3,(H,20,21). The van der Waals surface area contributed by atoms with Crippen molar-refractivity contribution in [3.63, 3.8) is 0 Å². The molecule has 3 heteroatoms. The number of fused-ring (bicyclic) bond motifs is 1. The molecule has 1 aromatic rings. The third-order valence-electron chi connectivity index (χ3n) is 5.11. The molecule has 0 bridgehead atoms. The first-order valence-corrected chi connectivity index (χ1v) is 8.26. The van der Waals surface area contributed by atoms with E-state index in [-0.39, 0.29) is 17.9 Å². The van der Waals surface area contributed by atoms with E-state index in [2.05, 4.69) is 48.7 Å². The Labute approximate surface area is 127 Å². The summed E-state index contributed by atoms with van der Waals surface area (Å²) >= 11 is 0. The number of hydrogen-bond donors (Lipinski definition) is 2. The minimum atomic E-state index is 0.145. The zero-order chi connectivity index (χ0) is 14.8. The third-order valence-corrected chi connectivity index (χ3v) is 5.11. The first-order chi connectivity index (χ1) is 10.1. The second-order valence-corrected chi connectivity index (χ2v) is 6.76. The van der Waals surface area contributed by atoms with Crippen LogP contribution in [-0.2, 0) is 17.6 Å². The van der Waals surface area contributed by atoms with E-state index in [1.165, 1.54) is 11.1 Å². The van der Waals surface area contributed by atoms with E-state index in [4.69, 9.17) is 0 Å². The molecule has 4 atom stereocenters. The molecule has 1 heterocycles. The highest BCUT2D eigenvalue weighted by atomic mass is 16.1.